The molecule has 156 valence electrons. The standard InChI is InChI=1S/C24H20ClN3O2S/c1-14-10-20-23(22(19(14)11-21(29)30)16-2-4-18(25)5-3-16)31-24(27-20)28-9-7-15-6-8-26-12-17(15)13-28/h2-6,8,10,12H,7,9,11,13H2,1H3,(H,29,30). The Labute approximate surface area is 189 Å². The maximum atomic E-state index is 11.6. The Balaban J connectivity index is 1.65. The normalized spacial score (nSPS) is 13.4. The van der Waals surface area contributed by atoms with Crippen molar-refractivity contribution < 1.29 is 9.90 Å². The lowest BCUT2D eigenvalue weighted by molar-refractivity contribution is -0.136. The van der Waals surface area contributed by atoms with Crippen molar-refractivity contribution >= 4 is 44.3 Å². The van der Waals surface area contributed by atoms with Gasteiger partial charge in [0.1, 0.15) is 0 Å². The first kappa shape index (κ1) is 20.0. The smallest absolute Gasteiger partial charge is 0.307 e. The topological polar surface area (TPSA) is 66.3 Å². The first-order valence-corrected chi connectivity index (χ1v) is 11.3. The van der Waals surface area contributed by atoms with Crippen molar-refractivity contribution in [2.45, 2.75) is 26.3 Å². The van der Waals surface area contributed by atoms with Crippen molar-refractivity contribution in [2.24, 2.45) is 0 Å². The number of aliphatic carboxylic acids is 1. The Morgan fingerprint density at radius 3 is 2.81 bits per heavy atom. The highest BCUT2D eigenvalue weighted by Crippen LogP contribution is 2.41. The Kier molecular flexibility index (Phi) is 5.12. The number of carboxylic acid groups (broad SMARTS) is 1. The summed E-state index contributed by atoms with van der Waals surface area (Å²) in [5.74, 6) is -0.845. The lowest BCUT2D eigenvalue weighted by Crippen LogP contribution is -2.30. The van der Waals surface area contributed by atoms with Crippen LogP contribution in [-0.2, 0) is 24.2 Å². The summed E-state index contributed by atoms with van der Waals surface area (Å²) in [6.45, 7) is 3.63. The van der Waals surface area contributed by atoms with Gasteiger partial charge in [-0.15, -0.1) is 0 Å². The van der Waals surface area contributed by atoms with Crippen molar-refractivity contribution in [3.8, 4) is 11.1 Å². The maximum Gasteiger partial charge on any atom is 0.307 e. The minimum absolute atomic E-state index is 0.0320. The van der Waals surface area contributed by atoms with Gasteiger partial charge in [-0.25, -0.2) is 4.98 Å². The van der Waals surface area contributed by atoms with E-state index in [1.807, 2.05) is 49.6 Å². The molecule has 0 amide bonds. The van der Waals surface area contributed by atoms with Crippen molar-refractivity contribution in [2.75, 3.05) is 11.4 Å². The van der Waals surface area contributed by atoms with E-state index < -0.39 is 5.97 Å². The van der Waals surface area contributed by atoms with Gasteiger partial charge in [-0.05, 0) is 65.4 Å². The molecule has 0 spiro atoms. The fraction of sp³-hybridized carbons (Fsp3) is 0.208. The average molecular weight is 450 g/mol. The Morgan fingerprint density at radius 1 is 1.23 bits per heavy atom. The van der Waals surface area contributed by atoms with Gasteiger partial charge < -0.3 is 10.0 Å². The van der Waals surface area contributed by atoms with Crippen LogP contribution < -0.4 is 4.90 Å². The average Bonchev–Trinajstić information content (AvgIpc) is 3.18. The number of aryl methyl sites for hydroxylation is 1. The Hall–Kier alpha value is -2.96. The Bertz CT molecular complexity index is 1300. The second kappa shape index (κ2) is 7.94. The third-order valence-electron chi connectivity index (χ3n) is 5.75. The second-order valence-corrected chi connectivity index (χ2v) is 9.20. The van der Waals surface area contributed by atoms with E-state index in [0.717, 1.165) is 57.1 Å². The van der Waals surface area contributed by atoms with Gasteiger partial charge >= 0.3 is 5.97 Å². The number of benzene rings is 2. The van der Waals surface area contributed by atoms with Gasteiger partial charge in [0.05, 0.1) is 16.6 Å². The van der Waals surface area contributed by atoms with E-state index in [4.69, 9.17) is 16.6 Å². The number of hydrogen-bond donors (Lipinski definition) is 1. The molecule has 1 N–H and O–H groups in total. The van der Waals surface area contributed by atoms with Crippen LogP contribution in [0.1, 0.15) is 22.3 Å². The Morgan fingerprint density at radius 2 is 2.03 bits per heavy atom. The lowest BCUT2D eigenvalue weighted by Gasteiger charge is -2.27. The van der Waals surface area contributed by atoms with Crippen LogP contribution in [0.15, 0.2) is 48.8 Å². The van der Waals surface area contributed by atoms with Gasteiger partial charge in [0.2, 0.25) is 0 Å². The molecule has 1 aliphatic rings. The van der Waals surface area contributed by atoms with E-state index >= 15 is 0 Å². The summed E-state index contributed by atoms with van der Waals surface area (Å²) in [7, 11) is 0. The fourth-order valence-corrected chi connectivity index (χ4v) is 5.50. The summed E-state index contributed by atoms with van der Waals surface area (Å²) in [6, 6.07) is 11.7. The molecule has 3 heterocycles. The van der Waals surface area contributed by atoms with Gasteiger partial charge in [-0.3, -0.25) is 9.78 Å². The summed E-state index contributed by atoms with van der Waals surface area (Å²) < 4.78 is 1.01. The summed E-state index contributed by atoms with van der Waals surface area (Å²) >= 11 is 7.73. The van der Waals surface area contributed by atoms with Crippen molar-refractivity contribution in [1.82, 2.24) is 9.97 Å². The highest BCUT2D eigenvalue weighted by atomic mass is 35.5. The van der Waals surface area contributed by atoms with E-state index in [1.165, 1.54) is 11.1 Å². The molecule has 5 nitrogen and oxygen atoms in total. The molecule has 0 aliphatic carbocycles. The number of thiazole rings is 1. The highest BCUT2D eigenvalue weighted by molar-refractivity contribution is 7.22. The monoisotopic (exact) mass is 449 g/mol. The minimum Gasteiger partial charge on any atom is -0.481 e. The minimum atomic E-state index is -0.845. The van der Waals surface area contributed by atoms with E-state index in [9.17, 15) is 9.90 Å². The molecule has 1 aliphatic heterocycles. The van der Waals surface area contributed by atoms with E-state index in [0.29, 0.717) is 5.02 Å². The predicted octanol–water partition coefficient (Wildman–Crippen LogP) is 5.51. The van der Waals surface area contributed by atoms with Crippen molar-refractivity contribution in [3.63, 3.8) is 0 Å². The molecule has 5 rings (SSSR count). The van der Waals surface area contributed by atoms with Crippen LogP contribution in [0.5, 0.6) is 0 Å². The van der Waals surface area contributed by atoms with E-state index in [1.54, 1.807) is 11.3 Å². The zero-order valence-electron chi connectivity index (χ0n) is 16.9. The van der Waals surface area contributed by atoms with Crippen LogP contribution in [0.2, 0.25) is 5.02 Å². The SMILES string of the molecule is Cc1cc2nc(N3CCc4ccncc4C3)sc2c(-c2ccc(Cl)cc2)c1CC(=O)O. The second-order valence-electron chi connectivity index (χ2n) is 7.79. The van der Waals surface area contributed by atoms with Gasteiger partial charge in [0.15, 0.2) is 5.13 Å². The number of hydrogen-bond acceptors (Lipinski definition) is 5. The van der Waals surface area contributed by atoms with Crippen LogP contribution in [0, 0.1) is 6.92 Å². The van der Waals surface area contributed by atoms with Crippen molar-refractivity contribution in [1.29, 1.82) is 0 Å². The molecule has 0 fully saturated rings. The van der Waals surface area contributed by atoms with Crippen molar-refractivity contribution in [3.05, 3.63) is 76.1 Å². The number of carbonyl (C=O) groups is 1. The van der Waals surface area contributed by atoms with Crippen LogP contribution >= 0.6 is 22.9 Å². The molecule has 0 saturated heterocycles. The summed E-state index contributed by atoms with van der Waals surface area (Å²) in [4.78, 5) is 23.1. The third kappa shape index (κ3) is 3.77. The molecule has 0 atom stereocenters. The number of rotatable bonds is 4. The van der Waals surface area contributed by atoms with Crippen LogP contribution in [0.25, 0.3) is 21.3 Å². The van der Waals surface area contributed by atoms with Gasteiger partial charge in [-0.1, -0.05) is 35.1 Å². The van der Waals surface area contributed by atoms with Crippen LogP contribution in [-0.4, -0.2) is 27.6 Å². The third-order valence-corrected chi connectivity index (χ3v) is 7.15. The number of anilines is 1. The highest BCUT2D eigenvalue weighted by Gasteiger charge is 2.23. The number of pyridine rings is 1. The molecule has 0 unspecified atom stereocenters. The molecule has 2 aromatic heterocycles. The quantitative estimate of drug-likeness (QED) is 0.445. The molecule has 7 heteroatoms. The predicted molar refractivity (Wildman–Crippen MR) is 125 cm³/mol. The molecular weight excluding hydrogens is 430 g/mol. The summed E-state index contributed by atoms with van der Waals surface area (Å²) in [5.41, 5.74) is 7.13. The van der Waals surface area contributed by atoms with Gasteiger partial charge in [-0.2, -0.15) is 0 Å². The van der Waals surface area contributed by atoms with E-state index in [-0.39, 0.29) is 6.42 Å². The molecule has 31 heavy (non-hydrogen) atoms. The number of nitrogens with zero attached hydrogens (tertiary/aromatic N) is 3. The summed E-state index contributed by atoms with van der Waals surface area (Å²) in [5, 5.41) is 11.1. The number of aromatic nitrogens is 2. The number of fused-ring (bicyclic) bond motifs is 2. The maximum absolute atomic E-state index is 11.6. The fourth-order valence-electron chi connectivity index (χ4n) is 4.21. The molecule has 0 radical (unpaired) electrons. The van der Waals surface area contributed by atoms with Crippen LogP contribution in [0.4, 0.5) is 5.13 Å². The van der Waals surface area contributed by atoms with Crippen LogP contribution in [0.3, 0.4) is 0 Å². The van der Waals surface area contributed by atoms with Gasteiger partial charge in [0, 0.05) is 36.1 Å². The number of halogens is 1. The molecular formula is C24H20ClN3O2S. The zero-order valence-corrected chi connectivity index (χ0v) is 18.5. The first-order chi connectivity index (χ1) is 15.0. The van der Waals surface area contributed by atoms with Gasteiger partial charge in [0.25, 0.3) is 0 Å². The lowest BCUT2D eigenvalue weighted by atomic mass is 9.93. The molecule has 0 bridgehead atoms. The molecule has 2 aromatic carbocycles. The first-order valence-electron chi connectivity index (χ1n) is 10.1. The largest absolute Gasteiger partial charge is 0.481 e. The summed E-state index contributed by atoms with van der Waals surface area (Å²) in [6.07, 6.45) is 4.71. The van der Waals surface area contributed by atoms with E-state index in [2.05, 4.69) is 16.0 Å². The zero-order chi connectivity index (χ0) is 21.5. The molecule has 0 saturated carbocycles. The molecule has 4 aromatic rings. The number of carboxylic acids is 1.